The van der Waals surface area contributed by atoms with E-state index in [4.69, 9.17) is 9.47 Å². The van der Waals surface area contributed by atoms with Gasteiger partial charge in [0.05, 0.1) is 50.4 Å². The molecule has 1 aromatic heterocycles. The van der Waals surface area contributed by atoms with Gasteiger partial charge in [0.2, 0.25) is 0 Å². The first-order valence-corrected chi connectivity index (χ1v) is 42.2. The van der Waals surface area contributed by atoms with Crippen LogP contribution in [-0.4, -0.2) is 24.0 Å². The molecule has 7 aliphatic rings. The summed E-state index contributed by atoms with van der Waals surface area (Å²) in [4.78, 5) is 4.75. The van der Waals surface area contributed by atoms with Gasteiger partial charge < -0.3 is 23.8 Å². The summed E-state index contributed by atoms with van der Waals surface area (Å²) in [6.45, 7) is 29.6. The second-order valence-corrected chi connectivity index (χ2v) is 38.7. The van der Waals surface area contributed by atoms with Crippen LogP contribution in [0, 0.1) is 23.2 Å². The van der Waals surface area contributed by atoms with E-state index in [-0.39, 0.29) is 161 Å². The number of benzene rings is 12. The average Bonchev–Trinajstić information content (AvgIpc) is 0.781. The zero-order valence-corrected chi connectivity index (χ0v) is 69.9. The van der Waals surface area contributed by atoms with Gasteiger partial charge in [-0.3, -0.25) is 0 Å². The van der Waals surface area contributed by atoms with E-state index in [1.54, 1.807) is 42.5 Å². The van der Waals surface area contributed by atoms with Crippen molar-refractivity contribution in [2.75, 3.05) is 9.80 Å². The van der Waals surface area contributed by atoms with Gasteiger partial charge in [0, 0.05) is 61.6 Å². The first-order valence-electron chi connectivity index (χ1n) is 50.2. The van der Waals surface area contributed by atoms with Crippen molar-refractivity contribution in [1.29, 1.82) is 0 Å². The zero-order chi connectivity index (χ0) is 94.4. The van der Waals surface area contributed by atoms with E-state index in [9.17, 15) is 21.9 Å². The number of aromatic nitrogens is 1. The van der Waals surface area contributed by atoms with Crippen LogP contribution >= 0.6 is 0 Å². The number of rotatable bonds is 9. The van der Waals surface area contributed by atoms with Crippen LogP contribution in [0.5, 0.6) is 23.0 Å². The van der Waals surface area contributed by atoms with Crippen molar-refractivity contribution in [2.24, 2.45) is 23.2 Å². The molecule has 0 N–H and O–H groups in total. The fourth-order valence-electron chi connectivity index (χ4n) is 19.9. The Morgan fingerprint density at radius 2 is 1.04 bits per heavy atom. The molecule has 0 fully saturated rings. The van der Waals surface area contributed by atoms with Crippen LogP contribution in [0.3, 0.4) is 0 Å². The standard InChI is InChI=1S/C110H109B2N3O2/c1-106(2,3)76-52-57-96-89(64-76)111-88-59-75(69-38-24-17-25-39-69)51-56-95(88)116-104-97(110(13,14)15)103-99(105(117-96)100(104)111)112-87-54-53-80(113-90-49-35-34-48-81(90)86-58-74(50-55-91(86)113)68-36-22-16-23-37-68)67-92(87)114(101-82(70-40-26-18-27-41-70)60-77(107(4,5)6)61-83(101)71-42-28-19-29-43-71)93-65-79(109(10,11)12)66-94(98(93)112)115(103)102-84(72-44-30-20-31-45-72)62-78(108(7,8)9)63-85(102)73-46-32-21-33-47-73/h16-18,20-26,30-39,42,44-60,62-67,70,77,83,101H,19,27-29,40-41,43,61H2,1-15H3/i34D,35D,48D,49D,50D,51D,52D,53D,54D,55D,56D,57D,58D,59D,64D,67D. The molecule has 0 radical (unpaired) electrons. The monoisotopic (exact) mass is 1540 g/mol. The molecular formula is C110H109B2N3O2. The number of hydrogen-bond donors (Lipinski definition) is 0. The molecular weight excluding hydrogens is 1420 g/mol. The second kappa shape index (κ2) is 27.8. The Bertz CT molecular complexity index is 7220. The van der Waals surface area contributed by atoms with E-state index < -0.39 is 89.5 Å². The lowest BCUT2D eigenvalue weighted by Gasteiger charge is -2.54. The third-order valence-corrected chi connectivity index (χ3v) is 25.9. The third kappa shape index (κ3) is 12.5. The lowest BCUT2D eigenvalue weighted by atomic mass is 9.29. The fourth-order valence-corrected chi connectivity index (χ4v) is 19.9. The van der Waals surface area contributed by atoms with Crippen LogP contribution in [0.4, 0.5) is 28.4 Å². The van der Waals surface area contributed by atoms with Gasteiger partial charge in [0.15, 0.2) is 0 Å². The molecule has 5 nitrogen and oxygen atoms in total. The molecule has 0 saturated carbocycles. The highest BCUT2D eigenvalue weighted by molar-refractivity contribution is 7.03. The highest BCUT2D eigenvalue weighted by Gasteiger charge is 2.56. The first kappa shape index (κ1) is 58.8. The fraction of sp³-hybridized carbons (Fsp3) is 0.291. The van der Waals surface area contributed by atoms with Crippen molar-refractivity contribution in [3.05, 3.63) is 300 Å². The van der Waals surface area contributed by atoms with Crippen LogP contribution in [0.25, 0.3) is 72.0 Å². The van der Waals surface area contributed by atoms with E-state index in [1.165, 1.54) is 10.1 Å². The number of allylic oxidation sites excluding steroid dienone is 4. The maximum atomic E-state index is 12.4. The van der Waals surface area contributed by atoms with E-state index in [1.807, 2.05) is 75.4 Å². The molecule has 0 spiro atoms. The lowest BCUT2D eigenvalue weighted by Crippen LogP contribution is -2.67. The molecule has 4 atom stereocenters. The number of anilines is 5. The number of fused-ring (bicyclic) bond motifs is 12. The average molecular weight is 1540 g/mol. The molecule has 0 bridgehead atoms. The molecule has 20 rings (SSSR count). The van der Waals surface area contributed by atoms with E-state index >= 15 is 0 Å². The molecule has 582 valence electrons. The molecule has 5 heterocycles. The van der Waals surface area contributed by atoms with Crippen molar-refractivity contribution in [3.8, 4) is 73.2 Å². The Morgan fingerprint density at radius 3 is 1.66 bits per heavy atom. The topological polar surface area (TPSA) is 29.9 Å². The minimum atomic E-state index is -1.35. The predicted octanol–water partition coefficient (Wildman–Crippen LogP) is 26.0. The van der Waals surface area contributed by atoms with Crippen LogP contribution < -0.4 is 52.1 Å². The van der Waals surface area contributed by atoms with Gasteiger partial charge in [-0.15, -0.1) is 0 Å². The summed E-state index contributed by atoms with van der Waals surface area (Å²) in [5.74, 6) is -0.319. The van der Waals surface area contributed by atoms with Crippen molar-refractivity contribution in [2.45, 2.75) is 183 Å². The maximum Gasteiger partial charge on any atom is 0.260 e. The van der Waals surface area contributed by atoms with E-state index in [0.717, 1.165) is 83.2 Å². The zero-order valence-electron chi connectivity index (χ0n) is 85.9. The Morgan fingerprint density at radius 1 is 0.453 bits per heavy atom. The van der Waals surface area contributed by atoms with Crippen LogP contribution in [-0.2, 0) is 21.7 Å². The van der Waals surface area contributed by atoms with Crippen molar-refractivity contribution >= 4 is 96.4 Å². The predicted molar refractivity (Wildman–Crippen MR) is 499 cm³/mol. The normalized spacial score (nSPS) is 20.2. The highest BCUT2D eigenvalue weighted by Crippen LogP contribution is 2.59. The first-order chi connectivity index (χ1) is 62.9. The number of para-hydroxylation sites is 1. The maximum absolute atomic E-state index is 12.4. The van der Waals surface area contributed by atoms with E-state index in [2.05, 4.69) is 166 Å². The highest BCUT2D eigenvalue weighted by atomic mass is 16.5. The number of ether oxygens (including phenoxy) is 2. The van der Waals surface area contributed by atoms with Crippen LogP contribution in [0.2, 0.25) is 0 Å². The Kier molecular flexibility index (Phi) is 14.0. The summed E-state index contributed by atoms with van der Waals surface area (Å²) in [5.41, 5.74) is 9.80. The summed E-state index contributed by atoms with van der Waals surface area (Å²) in [6, 6.07) is 40.8. The molecule has 0 amide bonds. The van der Waals surface area contributed by atoms with Crippen LogP contribution in [0.1, 0.15) is 199 Å². The SMILES string of the molecule is [2H]c1c([2H])c(-c2ccccc2)c([2H])c2c1Oc1c3c(c4c(c1C(C)(C)C)N(c1c(-c5ccccc5)cc(C(C)(C)C)cc1-c1ccccc1)c1cc(C(C)(C)C)cc5c1B4c1c([2H])c([2H])c(-n4c6c([2H])c([2H])c([2H])c([2H])c6c6c([2H])c(-c7ccccc7)c([2H])c([2H])c64)c([2H])c1N5C1C(C4CC=CCC4)=CC(C(C)(C)C)CC1C1=CCCCC1)Oc1c([2H])c([2H])c(C(C)(C)C)c([2H])c1B23. The Balaban J connectivity index is 1.06. The smallest absolute Gasteiger partial charge is 0.260 e. The summed E-state index contributed by atoms with van der Waals surface area (Å²) in [6.07, 6.45) is 16.0. The summed E-state index contributed by atoms with van der Waals surface area (Å²) in [7, 11) is 0. The number of hydrogen-bond acceptors (Lipinski definition) is 4. The molecule has 4 aliphatic heterocycles. The molecule has 12 aromatic carbocycles. The third-order valence-electron chi connectivity index (χ3n) is 25.9. The van der Waals surface area contributed by atoms with Gasteiger partial charge in [-0.1, -0.05) is 309 Å². The molecule has 0 saturated heterocycles. The van der Waals surface area contributed by atoms with Crippen LogP contribution in [0.15, 0.2) is 278 Å². The van der Waals surface area contributed by atoms with Gasteiger partial charge in [-0.05, 0) is 240 Å². The number of nitrogens with zero attached hydrogens (tertiary/aromatic N) is 3. The van der Waals surface area contributed by atoms with Gasteiger partial charge in [-0.2, -0.15) is 0 Å². The quantitative estimate of drug-likeness (QED) is 0.106. The van der Waals surface area contributed by atoms with Gasteiger partial charge in [0.25, 0.3) is 13.4 Å². The molecule has 4 unspecified atom stereocenters. The minimum absolute atomic E-state index is 0.0172. The summed E-state index contributed by atoms with van der Waals surface area (Å²) >= 11 is 0. The Labute approximate surface area is 717 Å². The van der Waals surface area contributed by atoms with Crippen molar-refractivity contribution < 1.29 is 31.4 Å². The molecule has 3 aliphatic carbocycles. The van der Waals surface area contributed by atoms with Gasteiger partial charge in [0.1, 0.15) is 23.0 Å². The second-order valence-electron chi connectivity index (χ2n) is 38.7. The molecule has 13 aromatic rings. The Hall–Kier alpha value is -11.0. The minimum Gasteiger partial charge on any atom is -0.459 e. The summed E-state index contributed by atoms with van der Waals surface area (Å²) < 4.78 is 188. The van der Waals surface area contributed by atoms with Crippen molar-refractivity contribution in [1.82, 2.24) is 4.57 Å². The van der Waals surface area contributed by atoms with E-state index in [0.29, 0.717) is 63.0 Å². The summed E-state index contributed by atoms with van der Waals surface area (Å²) in [5, 5.41) is -0.253. The van der Waals surface area contributed by atoms with Crippen molar-refractivity contribution in [3.63, 3.8) is 0 Å². The largest absolute Gasteiger partial charge is 0.459 e. The molecule has 7 heteroatoms. The molecule has 117 heavy (non-hydrogen) atoms. The van der Waals surface area contributed by atoms with Gasteiger partial charge >= 0.3 is 0 Å². The van der Waals surface area contributed by atoms with Gasteiger partial charge in [-0.25, -0.2) is 0 Å². The lowest BCUT2D eigenvalue weighted by molar-refractivity contribution is 0.220.